The highest BCUT2D eigenvalue weighted by molar-refractivity contribution is 5.92. The van der Waals surface area contributed by atoms with E-state index in [1.807, 2.05) is 18.2 Å². The summed E-state index contributed by atoms with van der Waals surface area (Å²) in [5, 5.41) is 2.99. The van der Waals surface area contributed by atoms with Crippen molar-refractivity contribution in [2.24, 2.45) is 5.92 Å². The number of carbonyl (C=O) groups is 1. The molecule has 0 saturated heterocycles. The zero-order chi connectivity index (χ0) is 15.8. The number of carbonyl (C=O) groups excluding carboxylic acids is 1. The molecule has 0 heterocycles. The number of methoxy groups -OCH3 is 2. The Hall–Kier alpha value is -1.97. The summed E-state index contributed by atoms with van der Waals surface area (Å²) in [4.78, 5) is 11.9. The fourth-order valence-corrected chi connectivity index (χ4v) is 2.90. The molecule has 0 unspecified atom stereocenters. The largest absolute Gasteiger partial charge is 0.493 e. The van der Waals surface area contributed by atoms with Gasteiger partial charge in [-0.1, -0.05) is 31.4 Å². The molecule has 0 aromatic heterocycles. The normalized spacial score (nSPS) is 15.7. The molecule has 0 aliphatic heterocycles. The highest BCUT2D eigenvalue weighted by atomic mass is 16.5. The van der Waals surface area contributed by atoms with Crippen LogP contribution in [0.3, 0.4) is 0 Å². The van der Waals surface area contributed by atoms with Crippen LogP contribution < -0.4 is 14.8 Å². The molecular formula is C18H25NO3. The third kappa shape index (κ3) is 4.52. The lowest BCUT2D eigenvalue weighted by Crippen LogP contribution is -2.28. The molecule has 1 aromatic carbocycles. The first-order valence-corrected chi connectivity index (χ1v) is 7.91. The van der Waals surface area contributed by atoms with Gasteiger partial charge in [0.25, 0.3) is 0 Å². The molecule has 22 heavy (non-hydrogen) atoms. The van der Waals surface area contributed by atoms with Crippen molar-refractivity contribution in [2.45, 2.75) is 32.1 Å². The molecule has 0 bridgehead atoms. The Bertz CT molecular complexity index is 519. The van der Waals surface area contributed by atoms with Crippen molar-refractivity contribution in [3.05, 3.63) is 29.8 Å². The SMILES string of the molecule is COc1cccc(/C=C/C(=O)NCC2CCCCC2)c1OC. The Morgan fingerprint density at radius 2 is 2.00 bits per heavy atom. The summed E-state index contributed by atoms with van der Waals surface area (Å²) in [6, 6.07) is 5.60. The predicted octanol–water partition coefficient (Wildman–Crippen LogP) is 3.41. The van der Waals surface area contributed by atoms with E-state index in [9.17, 15) is 4.79 Å². The van der Waals surface area contributed by atoms with E-state index in [1.54, 1.807) is 26.4 Å². The van der Waals surface area contributed by atoms with Gasteiger partial charge in [0.1, 0.15) is 0 Å². The zero-order valence-corrected chi connectivity index (χ0v) is 13.4. The fraction of sp³-hybridized carbons (Fsp3) is 0.500. The highest BCUT2D eigenvalue weighted by Gasteiger charge is 2.13. The van der Waals surface area contributed by atoms with Crippen molar-refractivity contribution in [1.29, 1.82) is 0 Å². The summed E-state index contributed by atoms with van der Waals surface area (Å²) in [6.45, 7) is 0.776. The molecule has 1 N–H and O–H groups in total. The van der Waals surface area contributed by atoms with Gasteiger partial charge in [0.15, 0.2) is 11.5 Å². The smallest absolute Gasteiger partial charge is 0.244 e. The Balaban J connectivity index is 1.91. The van der Waals surface area contributed by atoms with Gasteiger partial charge in [-0.2, -0.15) is 0 Å². The van der Waals surface area contributed by atoms with Crippen LogP contribution in [0.4, 0.5) is 0 Å². The average Bonchev–Trinajstić information content (AvgIpc) is 2.58. The lowest BCUT2D eigenvalue weighted by molar-refractivity contribution is -0.116. The second-order valence-electron chi connectivity index (χ2n) is 5.67. The second-order valence-corrected chi connectivity index (χ2v) is 5.67. The van der Waals surface area contributed by atoms with Crippen molar-refractivity contribution in [2.75, 3.05) is 20.8 Å². The third-order valence-corrected chi connectivity index (χ3v) is 4.14. The topological polar surface area (TPSA) is 47.6 Å². The van der Waals surface area contributed by atoms with Crippen LogP contribution in [-0.4, -0.2) is 26.7 Å². The van der Waals surface area contributed by atoms with E-state index >= 15 is 0 Å². The van der Waals surface area contributed by atoms with Crippen LogP contribution in [0.25, 0.3) is 6.08 Å². The zero-order valence-electron chi connectivity index (χ0n) is 13.4. The fourth-order valence-electron chi connectivity index (χ4n) is 2.90. The Kier molecular flexibility index (Phi) is 6.31. The average molecular weight is 303 g/mol. The summed E-state index contributed by atoms with van der Waals surface area (Å²) in [6.07, 6.45) is 9.69. The Morgan fingerprint density at radius 1 is 1.23 bits per heavy atom. The number of hydrogen-bond acceptors (Lipinski definition) is 3. The number of para-hydroxylation sites is 1. The third-order valence-electron chi connectivity index (χ3n) is 4.14. The number of hydrogen-bond donors (Lipinski definition) is 1. The minimum atomic E-state index is -0.0598. The number of amides is 1. The van der Waals surface area contributed by atoms with Crippen LogP contribution in [0.5, 0.6) is 11.5 Å². The van der Waals surface area contributed by atoms with E-state index in [4.69, 9.17) is 9.47 Å². The monoisotopic (exact) mass is 303 g/mol. The summed E-state index contributed by atoms with van der Waals surface area (Å²) in [7, 11) is 3.20. The molecule has 1 aliphatic rings. The molecule has 0 spiro atoms. The van der Waals surface area contributed by atoms with Crippen LogP contribution in [0.1, 0.15) is 37.7 Å². The van der Waals surface area contributed by atoms with E-state index in [0.29, 0.717) is 17.4 Å². The van der Waals surface area contributed by atoms with Crippen LogP contribution in [-0.2, 0) is 4.79 Å². The van der Waals surface area contributed by atoms with Crippen LogP contribution in [0.15, 0.2) is 24.3 Å². The van der Waals surface area contributed by atoms with E-state index in [1.165, 1.54) is 32.1 Å². The molecule has 2 rings (SSSR count). The Morgan fingerprint density at radius 3 is 2.68 bits per heavy atom. The van der Waals surface area contributed by atoms with Crippen molar-refractivity contribution in [1.82, 2.24) is 5.32 Å². The summed E-state index contributed by atoms with van der Waals surface area (Å²) >= 11 is 0. The van der Waals surface area contributed by atoms with Gasteiger partial charge in [-0.25, -0.2) is 0 Å². The van der Waals surface area contributed by atoms with Crippen LogP contribution in [0.2, 0.25) is 0 Å². The summed E-state index contributed by atoms with van der Waals surface area (Å²) < 4.78 is 10.6. The van der Waals surface area contributed by atoms with Gasteiger partial charge in [-0.3, -0.25) is 4.79 Å². The highest BCUT2D eigenvalue weighted by Crippen LogP contribution is 2.31. The van der Waals surface area contributed by atoms with E-state index in [2.05, 4.69) is 5.32 Å². The molecule has 1 fully saturated rings. The molecule has 120 valence electrons. The van der Waals surface area contributed by atoms with Gasteiger partial charge in [0, 0.05) is 18.2 Å². The minimum Gasteiger partial charge on any atom is -0.493 e. The molecule has 0 radical (unpaired) electrons. The maximum atomic E-state index is 11.9. The van der Waals surface area contributed by atoms with Gasteiger partial charge in [-0.15, -0.1) is 0 Å². The quantitative estimate of drug-likeness (QED) is 0.819. The number of ether oxygens (including phenoxy) is 2. The van der Waals surface area contributed by atoms with Gasteiger partial charge in [-0.05, 0) is 30.9 Å². The molecule has 4 heteroatoms. The van der Waals surface area contributed by atoms with E-state index in [0.717, 1.165) is 12.1 Å². The molecular weight excluding hydrogens is 278 g/mol. The maximum absolute atomic E-state index is 11.9. The van der Waals surface area contributed by atoms with Crippen LogP contribution >= 0.6 is 0 Å². The molecule has 1 amide bonds. The van der Waals surface area contributed by atoms with Crippen molar-refractivity contribution in [3.63, 3.8) is 0 Å². The van der Waals surface area contributed by atoms with Gasteiger partial charge < -0.3 is 14.8 Å². The minimum absolute atomic E-state index is 0.0598. The van der Waals surface area contributed by atoms with Crippen molar-refractivity contribution < 1.29 is 14.3 Å². The number of nitrogens with one attached hydrogen (secondary N) is 1. The van der Waals surface area contributed by atoms with Gasteiger partial charge in [0.2, 0.25) is 5.91 Å². The Labute approximate surface area is 132 Å². The first-order valence-electron chi connectivity index (χ1n) is 7.91. The van der Waals surface area contributed by atoms with Crippen LogP contribution in [0, 0.1) is 5.92 Å². The number of benzene rings is 1. The predicted molar refractivity (Wildman–Crippen MR) is 88.2 cm³/mol. The summed E-state index contributed by atoms with van der Waals surface area (Å²) in [5.41, 5.74) is 0.828. The molecule has 0 atom stereocenters. The van der Waals surface area contributed by atoms with Gasteiger partial charge in [0.05, 0.1) is 14.2 Å². The first kappa shape index (κ1) is 16.4. The first-order chi connectivity index (χ1) is 10.7. The van der Waals surface area contributed by atoms with E-state index in [-0.39, 0.29) is 5.91 Å². The molecule has 4 nitrogen and oxygen atoms in total. The van der Waals surface area contributed by atoms with Crippen molar-refractivity contribution in [3.8, 4) is 11.5 Å². The molecule has 1 aromatic rings. The number of rotatable bonds is 6. The maximum Gasteiger partial charge on any atom is 0.244 e. The molecule has 1 saturated carbocycles. The van der Waals surface area contributed by atoms with E-state index < -0.39 is 0 Å². The standard InChI is InChI=1S/C18H25NO3/c1-21-16-10-6-9-15(18(16)22-2)11-12-17(20)19-13-14-7-4-3-5-8-14/h6,9-12,14H,3-5,7-8,13H2,1-2H3,(H,19,20)/b12-11+. The molecule has 1 aliphatic carbocycles. The van der Waals surface area contributed by atoms with Crippen molar-refractivity contribution >= 4 is 12.0 Å². The summed E-state index contributed by atoms with van der Waals surface area (Å²) in [5.74, 6) is 1.88. The lowest BCUT2D eigenvalue weighted by Gasteiger charge is -2.21. The second kappa shape index (κ2) is 8.47. The lowest BCUT2D eigenvalue weighted by atomic mass is 9.89. The van der Waals surface area contributed by atoms with Gasteiger partial charge >= 0.3 is 0 Å².